The third-order valence-electron chi connectivity index (χ3n) is 1.89. The number of hydrogen-bond acceptors (Lipinski definition) is 3. The molecule has 15 heavy (non-hydrogen) atoms. The molecule has 2 N–H and O–H groups in total. The molecule has 0 bridgehead atoms. The lowest BCUT2D eigenvalue weighted by Crippen LogP contribution is -2.36. The number of rotatable bonds is 6. The Kier molecular flexibility index (Phi) is 5.74. The van der Waals surface area contributed by atoms with Gasteiger partial charge in [0.05, 0.1) is 0 Å². The second-order valence-corrected chi connectivity index (χ2v) is 4.00. The molecule has 5 heteroatoms. The van der Waals surface area contributed by atoms with Crippen molar-refractivity contribution >= 4 is 12.1 Å². The third kappa shape index (κ3) is 7.78. The summed E-state index contributed by atoms with van der Waals surface area (Å²) in [5, 5.41) is 10.5. The van der Waals surface area contributed by atoms with Crippen molar-refractivity contribution in [1.82, 2.24) is 5.32 Å². The molecule has 0 aromatic heterocycles. The summed E-state index contributed by atoms with van der Waals surface area (Å²) in [7, 11) is 0. The standard InChI is InChI=1S/C10H19NO4/c1-4-5-6-10(2,3)15-9(14)11-7-8(12)13/h4-7H2,1-3H3,(H,11,14)(H,12,13). The van der Waals surface area contributed by atoms with Gasteiger partial charge in [-0.1, -0.05) is 13.3 Å². The maximum atomic E-state index is 11.1. The molecule has 0 spiro atoms. The van der Waals surface area contributed by atoms with Crippen molar-refractivity contribution in [2.24, 2.45) is 0 Å². The summed E-state index contributed by atoms with van der Waals surface area (Å²) in [5.41, 5.74) is -0.543. The van der Waals surface area contributed by atoms with Gasteiger partial charge in [0, 0.05) is 0 Å². The first kappa shape index (κ1) is 13.7. The molecule has 0 aliphatic rings. The number of carboxylic acid groups (broad SMARTS) is 1. The fraction of sp³-hybridized carbons (Fsp3) is 0.800. The molecule has 88 valence electrons. The summed E-state index contributed by atoms with van der Waals surface area (Å²) in [4.78, 5) is 21.3. The Morgan fingerprint density at radius 2 is 2.00 bits per heavy atom. The fourth-order valence-electron chi connectivity index (χ4n) is 1.09. The molecule has 1 amide bonds. The molecule has 0 saturated heterocycles. The Bertz CT molecular complexity index is 225. The second kappa shape index (κ2) is 6.27. The first-order valence-electron chi connectivity index (χ1n) is 5.06. The number of amides is 1. The Labute approximate surface area is 89.8 Å². The highest BCUT2D eigenvalue weighted by molar-refractivity contribution is 5.76. The monoisotopic (exact) mass is 217 g/mol. The van der Waals surface area contributed by atoms with E-state index in [1.807, 2.05) is 13.8 Å². The van der Waals surface area contributed by atoms with E-state index in [1.165, 1.54) is 0 Å². The number of hydrogen-bond donors (Lipinski definition) is 2. The Hall–Kier alpha value is -1.26. The first-order chi connectivity index (χ1) is 6.87. The zero-order valence-corrected chi connectivity index (χ0v) is 9.50. The smallest absolute Gasteiger partial charge is 0.408 e. The lowest BCUT2D eigenvalue weighted by molar-refractivity contribution is -0.136. The van der Waals surface area contributed by atoms with E-state index < -0.39 is 24.2 Å². The van der Waals surface area contributed by atoms with Gasteiger partial charge in [0.25, 0.3) is 0 Å². The van der Waals surface area contributed by atoms with Gasteiger partial charge in [0.2, 0.25) is 0 Å². The highest BCUT2D eigenvalue weighted by Gasteiger charge is 2.22. The van der Waals surface area contributed by atoms with Crippen molar-refractivity contribution in [3.05, 3.63) is 0 Å². The second-order valence-electron chi connectivity index (χ2n) is 4.00. The molecule has 0 aliphatic heterocycles. The molecule has 0 aromatic rings. The first-order valence-corrected chi connectivity index (χ1v) is 5.06. The van der Waals surface area contributed by atoms with Crippen LogP contribution in [0.4, 0.5) is 4.79 Å². The number of carbonyl (C=O) groups is 2. The number of aliphatic carboxylic acids is 1. The highest BCUT2D eigenvalue weighted by Crippen LogP contribution is 2.17. The van der Waals surface area contributed by atoms with Crippen LogP contribution >= 0.6 is 0 Å². The maximum absolute atomic E-state index is 11.1. The van der Waals surface area contributed by atoms with E-state index >= 15 is 0 Å². The molecule has 0 aromatic carbocycles. The molecule has 0 saturated carbocycles. The number of ether oxygens (including phenoxy) is 1. The van der Waals surface area contributed by atoms with E-state index in [0.29, 0.717) is 0 Å². The molecule has 0 unspecified atom stereocenters. The largest absolute Gasteiger partial charge is 0.480 e. The van der Waals surface area contributed by atoms with Crippen molar-refractivity contribution in [3.63, 3.8) is 0 Å². The van der Waals surface area contributed by atoms with Crippen molar-refractivity contribution < 1.29 is 19.4 Å². The Morgan fingerprint density at radius 1 is 1.40 bits per heavy atom. The van der Waals surface area contributed by atoms with Gasteiger partial charge in [-0.15, -0.1) is 0 Å². The number of carboxylic acids is 1. The molecule has 0 aliphatic carbocycles. The summed E-state index contributed by atoms with van der Waals surface area (Å²) >= 11 is 0. The third-order valence-corrected chi connectivity index (χ3v) is 1.89. The molecular weight excluding hydrogens is 198 g/mol. The van der Waals surface area contributed by atoms with Gasteiger partial charge in [0.15, 0.2) is 0 Å². The van der Waals surface area contributed by atoms with Crippen LogP contribution in [0.15, 0.2) is 0 Å². The molecule has 0 radical (unpaired) electrons. The highest BCUT2D eigenvalue weighted by atomic mass is 16.6. The van der Waals surface area contributed by atoms with Crippen molar-refractivity contribution in [3.8, 4) is 0 Å². The lowest BCUT2D eigenvalue weighted by atomic mass is 10.0. The van der Waals surface area contributed by atoms with Gasteiger partial charge in [-0.2, -0.15) is 0 Å². The van der Waals surface area contributed by atoms with Crippen LogP contribution in [0, 0.1) is 0 Å². The predicted molar refractivity (Wildman–Crippen MR) is 55.7 cm³/mol. The van der Waals surface area contributed by atoms with Crippen LogP contribution in [0.25, 0.3) is 0 Å². The van der Waals surface area contributed by atoms with Crippen LogP contribution in [0.2, 0.25) is 0 Å². The van der Waals surface area contributed by atoms with Crippen molar-refractivity contribution in [2.75, 3.05) is 6.54 Å². The van der Waals surface area contributed by atoms with Gasteiger partial charge in [-0.25, -0.2) is 4.79 Å². The molecular formula is C10H19NO4. The topological polar surface area (TPSA) is 75.6 Å². The zero-order valence-electron chi connectivity index (χ0n) is 9.50. The quantitative estimate of drug-likeness (QED) is 0.711. The van der Waals surface area contributed by atoms with E-state index in [4.69, 9.17) is 9.84 Å². The van der Waals surface area contributed by atoms with Crippen LogP contribution in [-0.4, -0.2) is 29.3 Å². The van der Waals surface area contributed by atoms with E-state index in [1.54, 1.807) is 0 Å². The van der Waals surface area contributed by atoms with Crippen molar-refractivity contribution in [2.45, 2.75) is 45.6 Å². The van der Waals surface area contributed by atoms with Gasteiger partial charge in [-0.05, 0) is 26.7 Å². The minimum absolute atomic E-state index is 0.414. The summed E-state index contributed by atoms with van der Waals surface area (Å²) in [6, 6.07) is 0. The Balaban J connectivity index is 3.87. The predicted octanol–water partition coefficient (Wildman–Crippen LogP) is 1.77. The summed E-state index contributed by atoms with van der Waals surface area (Å²) in [6.45, 7) is 5.26. The van der Waals surface area contributed by atoms with Crippen LogP contribution in [0.5, 0.6) is 0 Å². The van der Waals surface area contributed by atoms with Crippen LogP contribution in [0.3, 0.4) is 0 Å². The molecule has 0 atom stereocenters. The average molecular weight is 217 g/mol. The summed E-state index contributed by atoms with van der Waals surface area (Å²) < 4.78 is 5.08. The zero-order chi connectivity index (χ0) is 11.9. The fourth-order valence-corrected chi connectivity index (χ4v) is 1.09. The minimum Gasteiger partial charge on any atom is -0.480 e. The van der Waals surface area contributed by atoms with E-state index in [9.17, 15) is 9.59 Å². The van der Waals surface area contributed by atoms with Crippen molar-refractivity contribution in [1.29, 1.82) is 0 Å². The summed E-state index contributed by atoms with van der Waals surface area (Å²) in [6.07, 6.45) is 2.09. The number of carbonyl (C=O) groups excluding carboxylic acids is 1. The van der Waals surface area contributed by atoms with Gasteiger partial charge in [0.1, 0.15) is 12.1 Å². The molecule has 0 heterocycles. The van der Waals surface area contributed by atoms with Crippen LogP contribution in [-0.2, 0) is 9.53 Å². The molecule has 0 rings (SSSR count). The average Bonchev–Trinajstić information content (AvgIpc) is 2.11. The molecule has 0 fully saturated rings. The van der Waals surface area contributed by atoms with Crippen LogP contribution < -0.4 is 5.32 Å². The molecule has 5 nitrogen and oxygen atoms in total. The van der Waals surface area contributed by atoms with E-state index in [2.05, 4.69) is 12.2 Å². The lowest BCUT2D eigenvalue weighted by Gasteiger charge is -2.24. The van der Waals surface area contributed by atoms with E-state index in [-0.39, 0.29) is 0 Å². The number of nitrogens with one attached hydrogen (secondary N) is 1. The number of unbranched alkanes of at least 4 members (excludes halogenated alkanes) is 1. The van der Waals surface area contributed by atoms with Gasteiger partial charge in [-0.3, -0.25) is 4.79 Å². The van der Waals surface area contributed by atoms with Crippen LogP contribution in [0.1, 0.15) is 40.0 Å². The minimum atomic E-state index is -1.08. The summed E-state index contributed by atoms with van der Waals surface area (Å²) in [5.74, 6) is -1.08. The SMILES string of the molecule is CCCCC(C)(C)OC(=O)NCC(=O)O. The Morgan fingerprint density at radius 3 is 2.47 bits per heavy atom. The van der Waals surface area contributed by atoms with E-state index in [0.717, 1.165) is 19.3 Å². The van der Waals surface area contributed by atoms with Gasteiger partial charge < -0.3 is 15.2 Å². The normalized spacial score (nSPS) is 10.9. The van der Waals surface area contributed by atoms with Gasteiger partial charge >= 0.3 is 12.1 Å². The number of alkyl carbamates (subject to hydrolysis) is 1. The maximum Gasteiger partial charge on any atom is 0.408 e.